The van der Waals surface area contributed by atoms with Gasteiger partial charge in [-0.25, -0.2) is 4.39 Å². The minimum absolute atomic E-state index is 0.253. The third-order valence-electron chi connectivity index (χ3n) is 6.59. The molecule has 2 saturated carbocycles. The van der Waals surface area contributed by atoms with Gasteiger partial charge in [0.15, 0.2) is 11.5 Å². The molecular formula is C21H24FN5O. The van der Waals surface area contributed by atoms with E-state index >= 15 is 0 Å². The first-order chi connectivity index (χ1) is 13.6. The van der Waals surface area contributed by atoms with Crippen LogP contribution in [0.2, 0.25) is 0 Å². The largest absolute Gasteiger partial charge is 0.378 e. The molecule has 3 aromatic rings. The van der Waals surface area contributed by atoms with Crippen LogP contribution < -0.4 is 4.90 Å². The van der Waals surface area contributed by atoms with Crippen molar-refractivity contribution in [2.24, 2.45) is 5.41 Å². The van der Waals surface area contributed by atoms with E-state index in [4.69, 9.17) is 9.84 Å². The lowest BCUT2D eigenvalue weighted by Crippen LogP contribution is -2.67. The van der Waals surface area contributed by atoms with Gasteiger partial charge in [-0.15, -0.1) is 15.3 Å². The van der Waals surface area contributed by atoms with Crippen LogP contribution in [0.15, 0.2) is 36.4 Å². The van der Waals surface area contributed by atoms with Gasteiger partial charge in [0.05, 0.1) is 11.7 Å². The maximum atomic E-state index is 14.3. The second-order valence-corrected chi connectivity index (χ2v) is 7.86. The molecule has 1 spiro atoms. The summed E-state index contributed by atoms with van der Waals surface area (Å²) in [5.41, 5.74) is 1.26. The number of hydrogen-bond acceptors (Lipinski definition) is 5. The summed E-state index contributed by atoms with van der Waals surface area (Å²) in [6.45, 7) is 2.83. The normalized spacial score (nSPS) is 22.8. The van der Waals surface area contributed by atoms with Crippen LogP contribution in [-0.2, 0) is 4.74 Å². The Morgan fingerprint density at radius 2 is 2.04 bits per heavy atom. The standard InChI is InChI=1S/C21H24FN5O/c1-3-28-17-13-16(21(17)11-6-12-21)26(2)19-10-9-18-23-24-20(27(18)25-19)14-7-4-5-8-15(14)22/h4-5,7-10,16-17H,3,6,11-13H2,1-2H3. The lowest BCUT2D eigenvalue weighted by molar-refractivity contribution is -0.164. The van der Waals surface area contributed by atoms with E-state index < -0.39 is 0 Å². The first-order valence-electron chi connectivity index (χ1n) is 9.96. The molecule has 0 amide bonds. The van der Waals surface area contributed by atoms with Crippen molar-refractivity contribution in [2.45, 2.75) is 44.8 Å². The fraction of sp³-hybridized carbons (Fsp3) is 0.476. The maximum absolute atomic E-state index is 14.3. The van der Waals surface area contributed by atoms with Crippen LogP contribution in [0.3, 0.4) is 0 Å². The lowest BCUT2D eigenvalue weighted by atomic mass is 9.50. The Bertz CT molecular complexity index is 1010. The molecule has 2 fully saturated rings. The Balaban J connectivity index is 1.49. The molecule has 2 aromatic heterocycles. The van der Waals surface area contributed by atoms with Crippen molar-refractivity contribution >= 4 is 11.5 Å². The summed E-state index contributed by atoms with van der Waals surface area (Å²) >= 11 is 0. The van der Waals surface area contributed by atoms with Crippen LogP contribution in [0.5, 0.6) is 0 Å². The van der Waals surface area contributed by atoms with Crippen LogP contribution in [0.4, 0.5) is 10.2 Å². The van der Waals surface area contributed by atoms with Crippen LogP contribution in [0, 0.1) is 11.2 Å². The Morgan fingerprint density at radius 1 is 1.21 bits per heavy atom. The third-order valence-corrected chi connectivity index (χ3v) is 6.59. The van der Waals surface area contributed by atoms with Gasteiger partial charge in [-0.1, -0.05) is 18.6 Å². The van der Waals surface area contributed by atoms with Crippen LogP contribution >= 0.6 is 0 Å². The molecule has 0 radical (unpaired) electrons. The van der Waals surface area contributed by atoms with Gasteiger partial charge in [-0.05, 0) is 50.5 Å². The number of hydrogen-bond donors (Lipinski definition) is 0. The summed E-state index contributed by atoms with van der Waals surface area (Å²) in [6, 6.07) is 10.9. The molecule has 0 aliphatic heterocycles. The monoisotopic (exact) mass is 381 g/mol. The fourth-order valence-electron chi connectivity index (χ4n) is 4.88. The van der Waals surface area contributed by atoms with Gasteiger partial charge in [-0.3, -0.25) is 0 Å². The van der Waals surface area contributed by atoms with Crippen LogP contribution in [-0.4, -0.2) is 45.6 Å². The highest BCUT2D eigenvalue weighted by Crippen LogP contribution is 2.59. The second-order valence-electron chi connectivity index (χ2n) is 7.86. The third kappa shape index (κ3) is 2.45. The zero-order chi connectivity index (χ0) is 19.3. The molecule has 2 aliphatic rings. The van der Waals surface area contributed by atoms with Crippen molar-refractivity contribution in [3.8, 4) is 11.4 Å². The molecule has 0 N–H and O–H groups in total. The summed E-state index contributed by atoms with van der Waals surface area (Å²) in [7, 11) is 2.09. The molecule has 2 atom stereocenters. The van der Waals surface area contributed by atoms with Crippen molar-refractivity contribution in [2.75, 3.05) is 18.6 Å². The zero-order valence-electron chi connectivity index (χ0n) is 16.2. The highest BCUT2D eigenvalue weighted by Gasteiger charge is 2.60. The van der Waals surface area contributed by atoms with Crippen molar-refractivity contribution in [3.05, 3.63) is 42.2 Å². The van der Waals surface area contributed by atoms with Gasteiger partial charge >= 0.3 is 0 Å². The van der Waals surface area contributed by atoms with E-state index in [1.54, 1.807) is 22.7 Å². The number of halogens is 1. The van der Waals surface area contributed by atoms with E-state index in [1.807, 2.05) is 12.1 Å². The van der Waals surface area contributed by atoms with Gasteiger partial charge < -0.3 is 9.64 Å². The summed E-state index contributed by atoms with van der Waals surface area (Å²) < 4.78 is 21.9. The van der Waals surface area contributed by atoms with E-state index in [0.717, 1.165) is 18.8 Å². The summed E-state index contributed by atoms with van der Waals surface area (Å²) in [5.74, 6) is 0.933. The number of anilines is 1. The predicted octanol–water partition coefficient (Wildman–Crippen LogP) is 3.71. The number of fused-ring (bicyclic) bond motifs is 1. The Labute approximate surface area is 163 Å². The fourth-order valence-corrected chi connectivity index (χ4v) is 4.88. The average molecular weight is 381 g/mol. The number of aromatic nitrogens is 4. The average Bonchev–Trinajstić information content (AvgIpc) is 3.06. The minimum Gasteiger partial charge on any atom is -0.378 e. The van der Waals surface area contributed by atoms with Gasteiger partial charge in [0.25, 0.3) is 0 Å². The molecule has 0 bridgehead atoms. The summed E-state index contributed by atoms with van der Waals surface area (Å²) in [4.78, 5) is 2.25. The second kappa shape index (κ2) is 6.51. The van der Waals surface area contributed by atoms with E-state index in [9.17, 15) is 4.39 Å². The smallest absolute Gasteiger partial charge is 0.188 e. The molecule has 0 saturated heterocycles. The SMILES string of the molecule is CCOC1CC(N(C)c2ccc3nnc(-c4ccccc4F)n3n2)C12CCC2. The van der Waals surface area contributed by atoms with Crippen molar-refractivity contribution in [3.63, 3.8) is 0 Å². The van der Waals surface area contributed by atoms with Crippen molar-refractivity contribution in [1.82, 2.24) is 19.8 Å². The predicted molar refractivity (Wildman–Crippen MR) is 105 cm³/mol. The molecule has 6 nitrogen and oxygen atoms in total. The van der Waals surface area contributed by atoms with Crippen molar-refractivity contribution < 1.29 is 9.13 Å². The molecular weight excluding hydrogens is 357 g/mol. The van der Waals surface area contributed by atoms with Gasteiger partial charge in [-0.2, -0.15) is 4.52 Å². The number of nitrogens with zero attached hydrogens (tertiary/aromatic N) is 5. The number of rotatable bonds is 5. The Hall–Kier alpha value is -2.54. The molecule has 28 heavy (non-hydrogen) atoms. The highest BCUT2D eigenvalue weighted by molar-refractivity contribution is 5.60. The topological polar surface area (TPSA) is 55.5 Å². The first kappa shape index (κ1) is 17.6. The van der Waals surface area contributed by atoms with Crippen LogP contribution in [0.25, 0.3) is 17.0 Å². The van der Waals surface area contributed by atoms with E-state index in [0.29, 0.717) is 29.2 Å². The Kier molecular flexibility index (Phi) is 4.08. The Morgan fingerprint density at radius 3 is 2.75 bits per heavy atom. The summed E-state index contributed by atoms with van der Waals surface area (Å²) in [6.07, 6.45) is 5.06. The molecule has 5 rings (SSSR count). The van der Waals surface area contributed by atoms with Gasteiger partial charge in [0.2, 0.25) is 0 Å². The highest BCUT2D eigenvalue weighted by atomic mass is 19.1. The van der Waals surface area contributed by atoms with E-state index in [1.165, 1.54) is 25.3 Å². The maximum Gasteiger partial charge on any atom is 0.188 e. The molecule has 2 heterocycles. The molecule has 2 aliphatic carbocycles. The summed E-state index contributed by atoms with van der Waals surface area (Å²) in [5, 5.41) is 13.1. The first-order valence-corrected chi connectivity index (χ1v) is 9.96. The molecule has 7 heteroatoms. The quantitative estimate of drug-likeness (QED) is 0.674. The van der Waals surface area contributed by atoms with E-state index in [2.05, 4.69) is 29.1 Å². The van der Waals surface area contributed by atoms with Gasteiger partial charge in [0, 0.05) is 25.1 Å². The molecule has 1 aromatic carbocycles. The molecule has 146 valence electrons. The van der Waals surface area contributed by atoms with Crippen LogP contribution in [0.1, 0.15) is 32.6 Å². The van der Waals surface area contributed by atoms with E-state index in [-0.39, 0.29) is 11.2 Å². The number of ether oxygens (including phenoxy) is 1. The van der Waals surface area contributed by atoms with Gasteiger partial charge in [0.1, 0.15) is 11.6 Å². The molecule has 2 unspecified atom stereocenters. The van der Waals surface area contributed by atoms with Crippen molar-refractivity contribution in [1.29, 1.82) is 0 Å². The minimum atomic E-state index is -0.329. The zero-order valence-corrected chi connectivity index (χ0v) is 16.2. The number of benzene rings is 1. The lowest BCUT2D eigenvalue weighted by Gasteiger charge is -2.63.